The molecule has 3 heterocycles. The molecule has 2 aliphatic rings. The summed E-state index contributed by atoms with van der Waals surface area (Å²) in [6, 6.07) is 1.66. The highest BCUT2D eigenvalue weighted by molar-refractivity contribution is 7.15. The van der Waals surface area contributed by atoms with Crippen LogP contribution >= 0.6 is 11.3 Å². The number of nitrogens with one attached hydrogen (secondary N) is 3. The first kappa shape index (κ1) is 25.4. The fraction of sp³-hybridized carbons (Fsp3) is 0.458. The number of phenolic OH excluding ortho intramolecular Hbond substituents is 1. The van der Waals surface area contributed by atoms with Crippen molar-refractivity contribution in [2.45, 2.75) is 63.7 Å². The van der Waals surface area contributed by atoms with Gasteiger partial charge in [0.1, 0.15) is 29.9 Å². The van der Waals surface area contributed by atoms with Crippen molar-refractivity contribution in [2.24, 2.45) is 5.73 Å². The van der Waals surface area contributed by atoms with Gasteiger partial charge in [0.15, 0.2) is 5.13 Å². The van der Waals surface area contributed by atoms with Crippen LogP contribution in [0.4, 0.5) is 5.13 Å². The minimum absolute atomic E-state index is 0.100. The molecule has 1 aromatic carbocycles. The van der Waals surface area contributed by atoms with Gasteiger partial charge in [-0.1, -0.05) is 12.1 Å². The zero-order chi connectivity index (χ0) is 26.0. The van der Waals surface area contributed by atoms with E-state index in [-0.39, 0.29) is 18.1 Å². The standard InChI is InChI=1S/C24H30N6O5S/c1-12-21(33)27-13(2)22(34)29-17(20(25)32)9-14-5-6-19(31)15(8-14)10-16-11-26-24(36-16)30-7-3-4-18(30)23(35)28-12/h5-6,8,11-13,17-18,31H,3-4,7,9-10H2,1-2H3,(H2,25,32)(H,27,33)(H,28,35)(H,29,34)/t12-,13-,17-,18-/m0/s1. The first-order chi connectivity index (χ1) is 17.1. The van der Waals surface area contributed by atoms with Gasteiger partial charge in [-0.2, -0.15) is 0 Å². The van der Waals surface area contributed by atoms with Crippen LogP contribution in [0.15, 0.2) is 24.4 Å². The Morgan fingerprint density at radius 3 is 2.53 bits per heavy atom. The monoisotopic (exact) mass is 514 g/mol. The van der Waals surface area contributed by atoms with Gasteiger partial charge < -0.3 is 31.7 Å². The van der Waals surface area contributed by atoms with E-state index in [1.165, 1.54) is 18.3 Å². The van der Waals surface area contributed by atoms with Gasteiger partial charge in [-0.05, 0) is 43.9 Å². The van der Waals surface area contributed by atoms with Gasteiger partial charge in [0.2, 0.25) is 23.6 Å². The molecule has 1 saturated heterocycles. The van der Waals surface area contributed by atoms with E-state index >= 15 is 0 Å². The van der Waals surface area contributed by atoms with E-state index in [9.17, 15) is 24.3 Å². The molecule has 4 atom stereocenters. The zero-order valence-electron chi connectivity index (χ0n) is 20.1. The second-order valence-electron chi connectivity index (χ2n) is 9.23. The van der Waals surface area contributed by atoms with Crippen molar-refractivity contribution < 1.29 is 24.3 Å². The number of amides is 4. The number of rotatable bonds is 1. The van der Waals surface area contributed by atoms with Crippen molar-refractivity contribution in [1.29, 1.82) is 0 Å². The first-order valence-corrected chi connectivity index (χ1v) is 12.7. The lowest BCUT2D eigenvalue weighted by molar-refractivity contribution is -0.132. The highest BCUT2D eigenvalue weighted by Gasteiger charge is 2.34. The predicted molar refractivity (Wildman–Crippen MR) is 133 cm³/mol. The van der Waals surface area contributed by atoms with Crippen LogP contribution in [0.25, 0.3) is 0 Å². The Bertz CT molecular complexity index is 1180. The number of fused-ring (bicyclic) bond motifs is 6. The van der Waals surface area contributed by atoms with Crippen LogP contribution < -0.4 is 26.6 Å². The minimum atomic E-state index is -1.02. The molecule has 0 saturated carbocycles. The molecule has 2 aromatic rings. The summed E-state index contributed by atoms with van der Waals surface area (Å²) in [7, 11) is 0. The van der Waals surface area contributed by atoms with Gasteiger partial charge in [-0.3, -0.25) is 19.2 Å². The van der Waals surface area contributed by atoms with Crippen LogP contribution in [0.3, 0.4) is 0 Å². The van der Waals surface area contributed by atoms with Crippen LogP contribution in [-0.4, -0.2) is 64.4 Å². The molecule has 6 N–H and O–H groups in total. The molecule has 12 heteroatoms. The van der Waals surface area contributed by atoms with Crippen LogP contribution in [0.1, 0.15) is 42.7 Å². The summed E-state index contributed by atoms with van der Waals surface area (Å²) >= 11 is 1.44. The number of hydrogen-bond acceptors (Lipinski definition) is 8. The van der Waals surface area contributed by atoms with Gasteiger partial charge >= 0.3 is 0 Å². The zero-order valence-corrected chi connectivity index (χ0v) is 20.9. The lowest BCUT2D eigenvalue weighted by Gasteiger charge is -2.25. The largest absolute Gasteiger partial charge is 0.508 e. The fourth-order valence-electron chi connectivity index (χ4n) is 4.41. The van der Waals surface area contributed by atoms with Crippen molar-refractivity contribution >= 4 is 40.1 Å². The van der Waals surface area contributed by atoms with Crippen molar-refractivity contribution in [2.75, 3.05) is 11.4 Å². The summed E-state index contributed by atoms with van der Waals surface area (Å²) in [6.45, 7) is 3.70. The Morgan fingerprint density at radius 1 is 1.11 bits per heavy atom. The average molecular weight is 515 g/mol. The molecule has 0 spiro atoms. The maximum Gasteiger partial charge on any atom is 0.243 e. The number of carbonyl (C=O) groups is 4. The third-order valence-corrected chi connectivity index (χ3v) is 7.49. The predicted octanol–water partition coefficient (Wildman–Crippen LogP) is -0.0561. The summed E-state index contributed by atoms with van der Waals surface area (Å²) in [4.78, 5) is 57.8. The summed E-state index contributed by atoms with van der Waals surface area (Å²) in [5.41, 5.74) is 6.88. The minimum Gasteiger partial charge on any atom is -0.508 e. The van der Waals surface area contributed by atoms with E-state index < -0.39 is 41.9 Å². The molecule has 1 fully saturated rings. The number of primary amides is 1. The third kappa shape index (κ3) is 5.59. The van der Waals surface area contributed by atoms with E-state index in [0.29, 0.717) is 35.6 Å². The molecule has 4 rings (SSSR count). The van der Waals surface area contributed by atoms with Crippen LogP contribution in [0.2, 0.25) is 0 Å². The number of thiazole rings is 1. The fourth-order valence-corrected chi connectivity index (χ4v) is 5.42. The lowest BCUT2D eigenvalue weighted by atomic mass is 10.0. The molecule has 4 bridgehead atoms. The van der Waals surface area contributed by atoms with E-state index in [0.717, 1.165) is 11.3 Å². The second kappa shape index (κ2) is 10.5. The molecule has 36 heavy (non-hydrogen) atoms. The van der Waals surface area contributed by atoms with E-state index in [2.05, 4.69) is 20.9 Å². The number of aromatic nitrogens is 1. The average Bonchev–Trinajstić information content (AvgIpc) is 3.49. The number of anilines is 1. The molecule has 192 valence electrons. The van der Waals surface area contributed by atoms with Crippen LogP contribution in [0.5, 0.6) is 5.75 Å². The van der Waals surface area contributed by atoms with Crippen LogP contribution in [0, 0.1) is 0 Å². The first-order valence-electron chi connectivity index (χ1n) is 11.8. The lowest BCUT2D eigenvalue weighted by Crippen LogP contribution is -2.56. The number of aromatic hydroxyl groups is 1. The van der Waals surface area contributed by atoms with Crippen LogP contribution in [-0.2, 0) is 32.0 Å². The smallest absolute Gasteiger partial charge is 0.243 e. The maximum absolute atomic E-state index is 13.0. The topological polar surface area (TPSA) is 167 Å². The Hall–Kier alpha value is -3.67. The van der Waals surface area contributed by atoms with Gasteiger partial charge in [0, 0.05) is 30.5 Å². The summed E-state index contributed by atoms with van der Waals surface area (Å²) in [5, 5.41) is 19.0. The molecular weight excluding hydrogens is 484 g/mol. The Kier molecular flexibility index (Phi) is 7.43. The van der Waals surface area contributed by atoms with E-state index in [1.807, 2.05) is 4.90 Å². The maximum atomic E-state index is 13.0. The number of nitrogens with two attached hydrogens (primary N) is 1. The summed E-state index contributed by atoms with van der Waals surface area (Å²) in [6.07, 6.45) is 3.69. The molecule has 11 nitrogen and oxygen atoms in total. The van der Waals surface area contributed by atoms with Crippen molar-refractivity contribution in [3.05, 3.63) is 40.4 Å². The van der Waals surface area contributed by atoms with Gasteiger partial charge in [-0.15, -0.1) is 11.3 Å². The quantitative estimate of drug-likeness (QED) is 0.355. The number of nitrogens with zero attached hydrogens (tertiary/aromatic N) is 2. The Morgan fingerprint density at radius 2 is 1.81 bits per heavy atom. The molecule has 1 aromatic heterocycles. The second-order valence-corrected chi connectivity index (χ2v) is 10.3. The summed E-state index contributed by atoms with van der Waals surface area (Å²) in [5.74, 6) is -2.02. The normalized spacial score (nSPS) is 25.5. The SMILES string of the molecule is C[C@@H]1NC(=O)[C@H](C)NC(=O)[C@@H]2CCCN2c2ncc(s2)Cc2cc(ccc2O)C[C@@H](C(N)=O)NC1=O. The van der Waals surface area contributed by atoms with Crippen molar-refractivity contribution in [3.8, 4) is 5.75 Å². The van der Waals surface area contributed by atoms with E-state index in [4.69, 9.17) is 5.73 Å². The molecule has 2 aliphatic heterocycles. The number of benzene rings is 1. The molecule has 0 aliphatic carbocycles. The summed E-state index contributed by atoms with van der Waals surface area (Å²) < 4.78 is 0. The Labute approximate surface area is 212 Å². The van der Waals surface area contributed by atoms with Gasteiger partial charge in [0.05, 0.1) is 0 Å². The third-order valence-electron chi connectivity index (χ3n) is 6.45. The van der Waals surface area contributed by atoms with Gasteiger partial charge in [-0.25, -0.2) is 4.98 Å². The van der Waals surface area contributed by atoms with Gasteiger partial charge in [0.25, 0.3) is 0 Å². The number of phenols is 1. The van der Waals surface area contributed by atoms with Crippen molar-refractivity contribution in [3.63, 3.8) is 0 Å². The number of hydrogen-bond donors (Lipinski definition) is 5. The number of carbonyl (C=O) groups excluding carboxylic acids is 4. The highest BCUT2D eigenvalue weighted by Crippen LogP contribution is 2.32. The Balaban J connectivity index is 1.68. The van der Waals surface area contributed by atoms with E-state index in [1.54, 1.807) is 31.3 Å². The highest BCUT2D eigenvalue weighted by atomic mass is 32.1. The molecule has 4 amide bonds. The molecule has 0 radical (unpaired) electrons. The molecular formula is C24H30N6O5S. The van der Waals surface area contributed by atoms with Crippen molar-refractivity contribution in [1.82, 2.24) is 20.9 Å². The molecule has 0 unspecified atom stereocenters.